The van der Waals surface area contributed by atoms with Crippen molar-refractivity contribution in [1.29, 1.82) is 0 Å². The Kier molecular flexibility index (Phi) is 6.32. The zero-order valence-electron chi connectivity index (χ0n) is 25.4. The molecular formula is C41H30ClNO3. The number of rotatable bonds is 5. The topological polar surface area (TPSA) is 54.5 Å². The lowest BCUT2D eigenvalue weighted by Gasteiger charge is -2.39. The summed E-state index contributed by atoms with van der Waals surface area (Å²) in [6.45, 7) is 4.06. The van der Waals surface area contributed by atoms with E-state index in [1.54, 1.807) is 24.3 Å². The van der Waals surface area contributed by atoms with Gasteiger partial charge >= 0.3 is 0 Å². The van der Waals surface area contributed by atoms with Crippen molar-refractivity contribution < 1.29 is 14.4 Å². The Balaban J connectivity index is 1.57. The van der Waals surface area contributed by atoms with Gasteiger partial charge in [0.25, 0.3) is 0 Å². The molecule has 1 aliphatic heterocycles. The minimum atomic E-state index is -1.44. The van der Waals surface area contributed by atoms with Gasteiger partial charge in [-0.15, -0.1) is 0 Å². The van der Waals surface area contributed by atoms with Crippen LogP contribution in [0.5, 0.6) is 0 Å². The average molecular weight is 620 g/mol. The summed E-state index contributed by atoms with van der Waals surface area (Å²) in [6, 6.07) is 42.4. The molecule has 1 saturated heterocycles. The summed E-state index contributed by atoms with van der Waals surface area (Å²) in [5.74, 6) is -2.94. The molecule has 2 amide bonds. The van der Waals surface area contributed by atoms with E-state index in [4.69, 9.17) is 11.6 Å². The first-order chi connectivity index (χ1) is 22.3. The second-order valence-corrected chi connectivity index (χ2v) is 13.0. The van der Waals surface area contributed by atoms with Crippen molar-refractivity contribution in [3.63, 3.8) is 0 Å². The molecule has 1 heterocycles. The molecule has 5 heteroatoms. The SMILES string of the molecule is Cc1ccc(C2=C(c3ccc(C)cc3)[C@@]3(c4ccccc4)C(=O)[C@@]2(c2ccccc2)[C@@H]2C(=O)N(c4ccccc4Cl)C(=O)[C@H]23)cc1. The van der Waals surface area contributed by atoms with E-state index in [1.807, 2.05) is 123 Å². The molecule has 0 radical (unpaired) electrons. The summed E-state index contributed by atoms with van der Waals surface area (Å²) in [5.41, 5.74) is 4.27. The molecule has 46 heavy (non-hydrogen) atoms. The maximum atomic E-state index is 15.9. The van der Waals surface area contributed by atoms with E-state index in [1.165, 1.54) is 4.90 Å². The first kappa shape index (κ1) is 28.4. The monoisotopic (exact) mass is 619 g/mol. The molecule has 0 unspecified atom stereocenters. The maximum absolute atomic E-state index is 15.9. The van der Waals surface area contributed by atoms with Gasteiger partial charge in [-0.3, -0.25) is 14.4 Å². The average Bonchev–Trinajstić information content (AvgIpc) is 3.59. The Hall–Kier alpha value is -5.06. The Labute approximate surface area is 273 Å². The molecule has 224 valence electrons. The quantitative estimate of drug-likeness (QED) is 0.187. The predicted molar refractivity (Wildman–Crippen MR) is 181 cm³/mol. The van der Waals surface area contributed by atoms with E-state index < -0.39 is 34.5 Å². The second kappa shape index (κ2) is 10.2. The predicted octanol–water partition coefficient (Wildman–Crippen LogP) is 8.15. The van der Waals surface area contributed by atoms with Gasteiger partial charge in [0.2, 0.25) is 11.8 Å². The van der Waals surface area contributed by atoms with E-state index in [-0.39, 0.29) is 5.78 Å². The van der Waals surface area contributed by atoms with Crippen LogP contribution in [0.3, 0.4) is 0 Å². The van der Waals surface area contributed by atoms with E-state index in [0.717, 1.165) is 33.4 Å². The first-order valence-electron chi connectivity index (χ1n) is 15.5. The molecule has 2 bridgehead atoms. The van der Waals surface area contributed by atoms with Crippen molar-refractivity contribution in [3.8, 4) is 0 Å². The fourth-order valence-electron chi connectivity index (χ4n) is 8.44. The molecule has 5 aromatic rings. The highest BCUT2D eigenvalue weighted by Crippen LogP contribution is 2.74. The molecule has 4 atom stereocenters. The van der Waals surface area contributed by atoms with E-state index >= 15 is 14.4 Å². The Bertz CT molecular complexity index is 1960. The van der Waals surface area contributed by atoms with Gasteiger partial charge in [-0.2, -0.15) is 0 Å². The summed E-state index contributed by atoms with van der Waals surface area (Å²) in [6.07, 6.45) is 0. The number of benzene rings is 5. The lowest BCUT2D eigenvalue weighted by molar-refractivity contribution is -0.130. The normalized spacial score (nSPS) is 25.0. The first-order valence-corrected chi connectivity index (χ1v) is 15.9. The van der Waals surface area contributed by atoms with Crippen LogP contribution >= 0.6 is 11.6 Å². The van der Waals surface area contributed by atoms with Crippen LogP contribution in [-0.2, 0) is 25.2 Å². The summed E-state index contributed by atoms with van der Waals surface area (Å²) in [7, 11) is 0. The summed E-state index contributed by atoms with van der Waals surface area (Å²) >= 11 is 6.67. The number of anilines is 1. The molecule has 0 spiro atoms. The van der Waals surface area contributed by atoms with Crippen molar-refractivity contribution in [3.05, 3.63) is 172 Å². The number of amides is 2. The number of fused-ring (bicyclic) bond motifs is 5. The van der Waals surface area contributed by atoms with Crippen molar-refractivity contribution in [1.82, 2.24) is 0 Å². The van der Waals surface area contributed by atoms with Gasteiger partial charge in [-0.1, -0.05) is 144 Å². The number of allylic oxidation sites excluding steroid dienone is 2. The van der Waals surface area contributed by atoms with Crippen LogP contribution in [0.4, 0.5) is 5.69 Å². The molecule has 8 rings (SSSR count). The zero-order valence-corrected chi connectivity index (χ0v) is 26.2. The lowest BCUT2D eigenvalue weighted by Crippen LogP contribution is -2.45. The third-order valence-electron chi connectivity index (χ3n) is 10.2. The molecular weight excluding hydrogens is 590 g/mol. The number of carbonyl (C=O) groups excluding carboxylic acids is 3. The smallest absolute Gasteiger partial charge is 0.239 e. The molecule has 3 aliphatic rings. The van der Waals surface area contributed by atoms with Crippen LogP contribution in [0.15, 0.2) is 133 Å². The van der Waals surface area contributed by atoms with Crippen LogP contribution in [0.2, 0.25) is 5.02 Å². The fraction of sp³-hybridized carbons (Fsp3) is 0.146. The zero-order chi connectivity index (χ0) is 31.8. The number of halogens is 1. The second-order valence-electron chi connectivity index (χ2n) is 12.6. The number of ketones is 1. The number of para-hydroxylation sites is 1. The number of nitrogens with zero attached hydrogens (tertiary/aromatic N) is 1. The summed E-state index contributed by atoms with van der Waals surface area (Å²) in [5, 5.41) is 0.302. The molecule has 2 aliphatic carbocycles. The molecule has 1 saturated carbocycles. The van der Waals surface area contributed by atoms with Crippen LogP contribution in [-0.4, -0.2) is 17.6 Å². The molecule has 0 N–H and O–H groups in total. The van der Waals surface area contributed by atoms with Crippen molar-refractivity contribution in [2.75, 3.05) is 4.90 Å². The number of carbonyl (C=O) groups is 3. The highest BCUT2D eigenvalue weighted by molar-refractivity contribution is 6.41. The largest absolute Gasteiger partial charge is 0.297 e. The van der Waals surface area contributed by atoms with Gasteiger partial charge in [-0.25, -0.2) is 4.90 Å². The van der Waals surface area contributed by atoms with Crippen molar-refractivity contribution in [2.24, 2.45) is 11.8 Å². The highest BCUT2D eigenvalue weighted by Gasteiger charge is 2.82. The minimum Gasteiger partial charge on any atom is -0.297 e. The Morgan fingerprint density at radius 1 is 0.522 bits per heavy atom. The van der Waals surface area contributed by atoms with E-state index in [0.29, 0.717) is 21.8 Å². The van der Waals surface area contributed by atoms with Gasteiger partial charge in [0, 0.05) is 0 Å². The van der Waals surface area contributed by atoms with Crippen LogP contribution < -0.4 is 4.90 Å². The van der Waals surface area contributed by atoms with Gasteiger partial charge < -0.3 is 0 Å². The maximum Gasteiger partial charge on any atom is 0.239 e. The van der Waals surface area contributed by atoms with Gasteiger partial charge in [0.15, 0.2) is 5.78 Å². The van der Waals surface area contributed by atoms with Gasteiger partial charge in [-0.05, 0) is 59.4 Å². The number of Topliss-reactive ketones (excluding diaryl/α,β-unsaturated/α-hetero) is 1. The van der Waals surface area contributed by atoms with E-state index in [2.05, 4.69) is 0 Å². The van der Waals surface area contributed by atoms with Crippen molar-refractivity contribution >= 4 is 46.0 Å². The number of aryl methyl sites for hydroxylation is 2. The van der Waals surface area contributed by atoms with Crippen LogP contribution in [0.25, 0.3) is 11.1 Å². The number of imide groups is 1. The third kappa shape index (κ3) is 3.53. The fourth-order valence-corrected chi connectivity index (χ4v) is 8.66. The summed E-state index contributed by atoms with van der Waals surface area (Å²) < 4.78 is 0. The third-order valence-corrected chi connectivity index (χ3v) is 10.5. The Morgan fingerprint density at radius 2 is 0.913 bits per heavy atom. The van der Waals surface area contributed by atoms with Crippen LogP contribution in [0, 0.1) is 25.7 Å². The minimum absolute atomic E-state index is 0.140. The molecule has 0 aromatic heterocycles. The van der Waals surface area contributed by atoms with E-state index in [9.17, 15) is 0 Å². The van der Waals surface area contributed by atoms with Crippen LogP contribution in [0.1, 0.15) is 33.4 Å². The standard InChI is InChI=1S/C41H30ClNO3/c1-25-17-21-27(22-18-25)33-34(28-23-19-26(2)20-24-28)41(30-13-7-4-8-14-30)36-35(40(33,39(41)46)29-11-5-3-6-12-29)37(44)43(38(36)45)32-16-10-9-15-31(32)42/h3-24,35-36H,1-2H3/t35-,36-,40+,41+/m0/s1. The molecule has 4 nitrogen and oxygen atoms in total. The van der Waals surface area contributed by atoms with Crippen molar-refractivity contribution in [2.45, 2.75) is 24.7 Å². The lowest BCUT2D eigenvalue weighted by atomic mass is 9.59. The molecule has 2 fully saturated rings. The highest BCUT2D eigenvalue weighted by atomic mass is 35.5. The number of hydrogen-bond acceptors (Lipinski definition) is 3. The Morgan fingerprint density at radius 3 is 1.33 bits per heavy atom. The number of hydrogen-bond donors (Lipinski definition) is 0. The summed E-state index contributed by atoms with van der Waals surface area (Å²) in [4.78, 5) is 47.2. The van der Waals surface area contributed by atoms with Gasteiger partial charge in [0.1, 0.15) is 0 Å². The molecule has 5 aromatic carbocycles. The van der Waals surface area contributed by atoms with Gasteiger partial charge in [0.05, 0.1) is 33.4 Å².